The number of hydrogen-bond donors (Lipinski definition) is 0. The Morgan fingerprint density at radius 2 is 0.920 bits per heavy atom. The summed E-state index contributed by atoms with van der Waals surface area (Å²) in [4.78, 5) is 19.6. The Morgan fingerprint density at radius 1 is 0.320 bits per heavy atom. The summed E-state index contributed by atoms with van der Waals surface area (Å²) in [6.45, 7) is 0. The van der Waals surface area contributed by atoms with Crippen LogP contribution in [-0.4, -0.2) is 19.9 Å². The maximum atomic E-state index is 5.14. The molecule has 4 heterocycles. The number of nitrogens with zero attached hydrogens (tertiary/aromatic N) is 4. The summed E-state index contributed by atoms with van der Waals surface area (Å²) in [5.74, 6) is 0. The molecule has 0 bridgehead atoms. The molecule has 0 atom stereocenters. The molecule has 0 aliphatic rings. The van der Waals surface area contributed by atoms with Gasteiger partial charge in [-0.25, -0.2) is 9.97 Å². The highest BCUT2D eigenvalue weighted by atomic mass is 14.7. The predicted octanol–water partition coefficient (Wildman–Crippen LogP) is 11.7. The highest BCUT2D eigenvalue weighted by Crippen LogP contribution is 2.34. The van der Waals surface area contributed by atoms with E-state index in [1.165, 1.54) is 16.3 Å². The van der Waals surface area contributed by atoms with Crippen LogP contribution in [0.4, 0.5) is 0 Å². The van der Waals surface area contributed by atoms with Crippen molar-refractivity contribution >= 4 is 54.4 Å². The van der Waals surface area contributed by atoms with Gasteiger partial charge in [0.05, 0.1) is 33.5 Å². The molecule has 6 aromatic carbocycles. The summed E-state index contributed by atoms with van der Waals surface area (Å²) in [7, 11) is 0. The monoisotopic (exact) mass is 636 g/mol. The number of hydrogen-bond acceptors (Lipinski definition) is 4. The molecule has 0 amide bonds. The second kappa shape index (κ2) is 11.4. The lowest BCUT2D eigenvalue weighted by Gasteiger charge is -2.10. The van der Waals surface area contributed by atoms with Gasteiger partial charge in [0.25, 0.3) is 0 Å². The van der Waals surface area contributed by atoms with Crippen LogP contribution in [0.1, 0.15) is 0 Å². The van der Waals surface area contributed by atoms with Crippen molar-refractivity contribution in [3.63, 3.8) is 0 Å². The Hall–Kier alpha value is -6.78. The Labute approximate surface area is 288 Å². The lowest BCUT2D eigenvalue weighted by atomic mass is 9.97. The van der Waals surface area contributed by atoms with Crippen molar-refractivity contribution in [3.05, 3.63) is 170 Å². The van der Waals surface area contributed by atoms with Crippen molar-refractivity contribution in [2.24, 2.45) is 0 Å². The van der Waals surface area contributed by atoms with Crippen molar-refractivity contribution < 1.29 is 0 Å². The molecule has 0 N–H and O–H groups in total. The summed E-state index contributed by atoms with van der Waals surface area (Å²) in [5, 5.41) is 6.88. The molecular weight excluding hydrogens is 609 g/mol. The first-order chi connectivity index (χ1) is 24.7. The van der Waals surface area contributed by atoms with Gasteiger partial charge in [-0.3, -0.25) is 9.97 Å². The van der Waals surface area contributed by atoms with E-state index in [1.54, 1.807) is 0 Å². The smallest absolute Gasteiger partial charge is 0.0970 e. The molecule has 0 unspecified atom stereocenters. The van der Waals surface area contributed by atoms with Crippen LogP contribution >= 0.6 is 0 Å². The third-order valence-corrected chi connectivity index (χ3v) is 9.76. The molecule has 0 saturated heterocycles. The second-order valence-corrected chi connectivity index (χ2v) is 12.7. The number of benzene rings is 6. The number of pyridine rings is 4. The minimum Gasteiger partial charge on any atom is -0.254 e. The summed E-state index contributed by atoms with van der Waals surface area (Å²) in [6, 6.07) is 55.5. The van der Waals surface area contributed by atoms with Gasteiger partial charge in [-0.2, -0.15) is 0 Å². The van der Waals surface area contributed by atoms with Gasteiger partial charge >= 0.3 is 0 Å². The van der Waals surface area contributed by atoms with E-state index in [0.29, 0.717) is 0 Å². The highest BCUT2D eigenvalue weighted by Gasteiger charge is 2.11. The van der Waals surface area contributed by atoms with Gasteiger partial charge in [0, 0.05) is 45.1 Å². The minimum absolute atomic E-state index is 0.919. The SMILES string of the molecule is c1ccc2c(-c3ccc4ccc(-c5ccc6ccc(-c7ccc(-c8ccnc9c8ccc8cccnc89)cc7)nc6c5)nc4c3)cccc2c1. The third kappa shape index (κ3) is 4.77. The Balaban J connectivity index is 0.987. The predicted molar refractivity (Wildman–Crippen MR) is 207 cm³/mol. The van der Waals surface area contributed by atoms with Gasteiger partial charge in [0.2, 0.25) is 0 Å². The fraction of sp³-hybridized carbons (Fsp3) is 0. The molecule has 0 fully saturated rings. The van der Waals surface area contributed by atoms with Crippen LogP contribution in [0.5, 0.6) is 0 Å². The number of rotatable bonds is 4. The third-order valence-electron chi connectivity index (χ3n) is 9.76. The van der Waals surface area contributed by atoms with Gasteiger partial charge in [-0.05, 0) is 69.4 Å². The van der Waals surface area contributed by atoms with Gasteiger partial charge in [0.1, 0.15) is 0 Å². The van der Waals surface area contributed by atoms with E-state index < -0.39 is 0 Å². The van der Waals surface area contributed by atoms with E-state index in [4.69, 9.17) is 9.97 Å². The topological polar surface area (TPSA) is 51.6 Å². The molecule has 10 rings (SSSR count). The van der Waals surface area contributed by atoms with Crippen LogP contribution in [0.25, 0.3) is 99.2 Å². The highest BCUT2D eigenvalue weighted by molar-refractivity contribution is 6.08. The molecule has 4 nitrogen and oxygen atoms in total. The van der Waals surface area contributed by atoms with Crippen molar-refractivity contribution in [2.75, 3.05) is 0 Å². The second-order valence-electron chi connectivity index (χ2n) is 12.7. The quantitative estimate of drug-likeness (QED) is 0.180. The Bertz CT molecular complexity index is 2920. The average Bonchev–Trinajstić information content (AvgIpc) is 3.19. The molecule has 0 aliphatic heterocycles. The lowest BCUT2D eigenvalue weighted by molar-refractivity contribution is 1.37. The molecule has 0 saturated carbocycles. The molecular formula is C46H28N4. The summed E-state index contributed by atoms with van der Waals surface area (Å²) in [5.41, 5.74) is 12.4. The first-order valence-electron chi connectivity index (χ1n) is 16.8. The Kier molecular flexibility index (Phi) is 6.46. The fourth-order valence-corrected chi connectivity index (χ4v) is 7.19. The zero-order valence-electron chi connectivity index (χ0n) is 27.0. The van der Waals surface area contributed by atoms with E-state index in [0.717, 1.165) is 82.8 Å². The van der Waals surface area contributed by atoms with Gasteiger partial charge < -0.3 is 0 Å². The largest absolute Gasteiger partial charge is 0.254 e. The zero-order valence-corrected chi connectivity index (χ0v) is 27.0. The van der Waals surface area contributed by atoms with E-state index in [9.17, 15) is 0 Å². The summed E-state index contributed by atoms with van der Waals surface area (Å²) in [6.07, 6.45) is 3.70. The van der Waals surface area contributed by atoms with Crippen molar-refractivity contribution in [1.29, 1.82) is 0 Å². The van der Waals surface area contributed by atoms with Gasteiger partial charge in [0.15, 0.2) is 0 Å². The summed E-state index contributed by atoms with van der Waals surface area (Å²) >= 11 is 0. The first-order valence-corrected chi connectivity index (χ1v) is 16.8. The van der Waals surface area contributed by atoms with E-state index in [-0.39, 0.29) is 0 Å². The van der Waals surface area contributed by atoms with Crippen molar-refractivity contribution in [1.82, 2.24) is 19.9 Å². The number of aromatic nitrogens is 4. The van der Waals surface area contributed by atoms with Crippen LogP contribution in [0.2, 0.25) is 0 Å². The molecule has 4 aromatic heterocycles. The lowest BCUT2D eigenvalue weighted by Crippen LogP contribution is -1.90. The van der Waals surface area contributed by atoms with Crippen LogP contribution < -0.4 is 0 Å². The van der Waals surface area contributed by atoms with Crippen molar-refractivity contribution in [2.45, 2.75) is 0 Å². The summed E-state index contributed by atoms with van der Waals surface area (Å²) < 4.78 is 0. The average molecular weight is 637 g/mol. The normalized spacial score (nSPS) is 11.6. The van der Waals surface area contributed by atoms with Crippen LogP contribution in [-0.2, 0) is 0 Å². The van der Waals surface area contributed by atoms with E-state index in [1.807, 2.05) is 18.5 Å². The molecule has 0 aliphatic carbocycles. The van der Waals surface area contributed by atoms with E-state index in [2.05, 4.69) is 162 Å². The zero-order chi connectivity index (χ0) is 33.0. The van der Waals surface area contributed by atoms with Crippen LogP contribution in [0.3, 0.4) is 0 Å². The van der Waals surface area contributed by atoms with Gasteiger partial charge in [-0.1, -0.05) is 121 Å². The van der Waals surface area contributed by atoms with Gasteiger partial charge in [-0.15, -0.1) is 0 Å². The number of fused-ring (bicyclic) bond motifs is 6. The molecule has 4 heteroatoms. The molecule has 0 spiro atoms. The maximum Gasteiger partial charge on any atom is 0.0970 e. The minimum atomic E-state index is 0.919. The molecule has 50 heavy (non-hydrogen) atoms. The fourth-order valence-electron chi connectivity index (χ4n) is 7.19. The standard InChI is InChI=1S/C46H28N4/c1-2-8-37-29(5-1)6-3-9-38(37)35-16-14-32-20-23-42(50-43(32)27-35)36-17-15-33-19-22-41(49-44(33)28-36)31-12-10-30(11-13-31)39-24-26-48-46-40(39)21-18-34-7-4-25-47-45(34)46/h1-28H. The van der Waals surface area contributed by atoms with Crippen molar-refractivity contribution in [3.8, 4) is 44.8 Å². The van der Waals surface area contributed by atoms with E-state index >= 15 is 0 Å². The molecule has 232 valence electrons. The molecule has 10 aromatic rings. The molecule has 0 radical (unpaired) electrons. The van der Waals surface area contributed by atoms with Crippen LogP contribution in [0.15, 0.2) is 170 Å². The Morgan fingerprint density at radius 3 is 1.76 bits per heavy atom. The maximum absolute atomic E-state index is 5.14. The first kappa shape index (κ1) is 28.3. The van der Waals surface area contributed by atoms with Crippen LogP contribution in [0, 0.1) is 0 Å².